The van der Waals surface area contributed by atoms with Crippen LogP contribution in [0.5, 0.6) is 0 Å². The average molecular weight is 210 g/mol. The van der Waals surface area contributed by atoms with Gasteiger partial charge in [-0.15, -0.1) is 0 Å². The summed E-state index contributed by atoms with van der Waals surface area (Å²) in [6, 6.07) is 4.89. The van der Waals surface area contributed by atoms with Crippen LogP contribution in [0.25, 0.3) is 0 Å². The van der Waals surface area contributed by atoms with Crippen molar-refractivity contribution in [1.82, 2.24) is 0 Å². The number of nitrogens with two attached hydrogens (primary N) is 1. The predicted molar refractivity (Wildman–Crippen MR) is 54.8 cm³/mol. The maximum atomic E-state index is 10.7. The van der Waals surface area contributed by atoms with Crippen LogP contribution in [-0.4, -0.2) is 13.1 Å². The molecule has 72 valence electrons. The summed E-state index contributed by atoms with van der Waals surface area (Å²) < 4.78 is 4.36. The Hall–Kier alpha value is -1.66. The number of carbonyl (C=O) groups excluding carboxylic acids is 1. The van der Waals surface area contributed by atoms with Crippen molar-refractivity contribution < 1.29 is 9.53 Å². The van der Waals surface area contributed by atoms with Crippen molar-refractivity contribution in [3.63, 3.8) is 0 Å². The van der Waals surface area contributed by atoms with Gasteiger partial charge >= 0.3 is 5.97 Å². The normalized spacial score (nSPS) is 8.71. The van der Waals surface area contributed by atoms with E-state index in [4.69, 9.17) is 17.3 Å². The summed E-state index contributed by atoms with van der Waals surface area (Å²) in [5, 5.41) is 0.466. The second-order valence-corrected chi connectivity index (χ2v) is 2.89. The van der Waals surface area contributed by atoms with Gasteiger partial charge in [0.15, 0.2) is 0 Å². The lowest BCUT2D eigenvalue weighted by molar-refractivity contribution is -0.133. The SMILES string of the molecule is COC(=O)C#Cc1ccc(Cl)c(N)c1. The van der Waals surface area contributed by atoms with Gasteiger partial charge in [-0.05, 0) is 18.2 Å². The molecule has 0 aliphatic carbocycles. The zero-order valence-corrected chi connectivity index (χ0v) is 8.26. The highest BCUT2D eigenvalue weighted by molar-refractivity contribution is 6.33. The molecule has 4 heteroatoms. The highest BCUT2D eigenvalue weighted by Gasteiger charge is 1.96. The van der Waals surface area contributed by atoms with Crippen LogP contribution in [0.4, 0.5) is 5.69 Å². The maximum absolute atomic E-state index is 10.7. The number of benzene rings is 1. The number of halogens is 1. The highest BCUT2D eigenvalue weighted by atomic mass is 35.5. The molecule has 0 saturated carbocycles. The Labute approximate surface area is 86.8 Å². The fourth-order valence-electron chi connectivity index (χ4n) is 0.796. The van der Waals surface area contributed by atoms with Gasteiger partial charge < -0.3 is 10.5 Å². The quantitative estimate of drug-likeness (QED) is 0.400. The van der Waals surface area contributed by atoms with E-state index in [1.54, 1.807) is 18.2 Å². The summed E-state index contributed by atoms with van der Waals surface area (Å²) in [4.78, 5) is 10.7. The Balaban J connectivity index is 2.91. The number of ether oxygens (including phenoxy) is 1. The number of nitrogen functional groups attached to an aromatic ring is 1. The van der Waals surface area contributed by atoms with E-state index in [0.717, 1.165) is 0 Å². The zero-order chi connectivity index (χ0) is 10.6. The molecule has 0 unspecified atom stereocenters. The molecular weight excluding hydrogens is 202 g/mol. The van der Waals surface area contributed by atoms with Gasteiger partial charge in [0.1, 0.15) is 0 Å². The Morgan fingerprint density at radius 2 is 2.29 bits per heavy atom. The molecule has 1 rings (SSSR count). The first-order valence-corrected chi connectivity index (χ1v) is 4.16. The molecule has 0 fully saturated rings. The monoisotopic (exact) mass is 209 g/mol. The Bertz CT molecular complexity index is 418. The molecule has 0 aromatic heterocycles. The molecule has 0 saturated heterocycles. The summed E-state index contributed by atoms with van der Waals surface area (Å²) in [6.45, 7) is 0. The zero-order valence-electron chi connectivity index (χ0n) is 7.50. The predicted octanol–water partition coefficient (Wildman–Crippen LogP) is 1.45. The second-order valence-electron chi connectivity index (χ2n) is 2.48. The molecule has 0 aliphatic rings. The van der Waals surface area contributed by atoms with E-state index in [-0.39, 0.29) is 0 Å². The van der Waals surface area contributed by atoms with Gasteiger partial charge in [0, 0.05) is 11.5 Å². The third-order valence-electron chi connectivity index (χ3n) is 1.49. The fraction of sp³-hybridized carbons (Fsp3) is 0.100. The topological polar surface area (TPSA) is 52.3 Å². The largest absolute Gasteiger partial charge is 0.459 e. The molecule has 0 heterocycles. The lowest BCUT2D eigenvalue weighted by Crippen LogP contribution is -1.94. The minimum Gasteiger partial charge on any atom is -0.459 e. The molecule has 0 aliphatic heterocycles. The van der Waals surface area contributed by atoms with Crippen molar-refractivity contribution in [1.29, 1.82) is 0 Å². The van der Waals surface area contributed by atoms with Crippen molar-refractivity contribution in [3.8, 4) is 11.8 Å². The third kappa shape index (κ3) is 2.68. The lowest BCUT2D eigenvalue weighted by atomic mass is 10.2. The summed E-state index contributed by atoms with van der Waals surface area (Å²) in [6.07, 6.45) is 0. The van der Waals surface area contributed by atoms with Crippen LogP contribution < -0.4 is 5.73 Å². The van der Waals surface area contributed by atoms with Crippen molar-refractivity contribution in [3.05, 3.63) is 28.8 Å². The van der Waals surface area contributed by atoms with Gasteiger partial charge in [-0.1, -0.05) is 17.5 Å². The number of anilines is 1. The van der Waals surface area contributed by atoms with Crippen LogP contribution in [-0.2, 0) is 9.53 Å². The number of hydrogen-bond acceptors (Lipinski definition) is 3. The summed E-state index contributed by atoms with van der Waals surface area (Å²) in [5.74, 6) is 4.30. The van der Waals surface area contributed by atoms with E-state index in [9.17, 15) is 4.79 Å². The van der Waals surface area contributed by atoms with Crippen molar-refractivity contribution in [2.45, 2.75) is 0 Å². The summed E-state index contributed by atoms with van der Waals surface area (Å²) in [5.41, 5.74) is 6.60. The van der Waals surface area contributed by atoms with Gasteiger partial charge in [-0.3, -0.25) is 0 Å². The van der Waals surface area contributed by atoms with Crippen LogP contribution in [0, 0.1) is 11.8 Å². The molecule has 0 atom stereocenters. The van der Waals surface area contributed by atoms with Gasteiger partial charge in [0.25, 0.3) is 0 Å². The summed E-state index contributed by atoms with van der Waals surface area (Å²) >= 11 is 5.71. The first-order valence-electron chi connectivity index (χ1n) is 3.78. The van der Waals surface area contributed by atoms with Crippen molar-refractivity contribution in [2.24, 2.45) is 0 Å². The first kappa shape index (κ1) is 10.4. The minimum absolute atomic E-state index is 0.434. The van der Waals surface area contributed by atoms with Crippen LogP contribution in [0.2, 0.25) is 5.02 Å². The van der Waals surface area contributed by atoms with Crippen LogP contribution in [0.1, 0.15) is 5.56 Å². The number of hydrogen-bond donors (Lipinski definition) is 1. The average Bonchev–Trinajstić information content (AvgIpc) is 2.19. The van der Waals surface area contributed by atoms with Gasteiger partial charge in [-0.25, -0.2) is 4.79 Å². The molecule has 14 heavy (non-hydrogen) atoms. The first-order chi connectivity index (χ1) is 6.63. The van der Waals surface area contributed by atoms with Crippen LogP contribution in [0.15, 0.2) is 18.2 Å². The van der Waals surface area contributed by atoms with E-state index >= 15 is 0 Å². The van der Waals surface area contributed by atoms with Gasteiger partial charge in [0.05, 0.1) is 17.8 Å². The van der Waals surface area contributed by atoms with E-state index in [2.05, 4.69) is 16.6 Å². The Morgan fingerprint density at radius 1 is 1.57 bits per heavy atom. The number of methoxy groups -OCH3 is 1. The minimum atomic E-state index is -0.585. The van der Waals surface area contributed by atoms with E-state index in [1.165, 1.54) is 7.11 Å². The molecule has 2 N–H and O–H groups in total. The molecule has 3 nitrogen and oxygen atoms in total. The van der Waals surface area contributed by atoms with E-state index in [0.29, 0.717) is 16.3 Å². The number of esters is 1. The molecule has 0 spiro atoms. The summed E-state index contributed by atoms with van der Waals surface area (Å²) in [7, 11) is 1.27. The van der Waals surface area contributed by atoms with E-state index in [1.807, 2.05) is 0 Å². The molecule has 0 amide bonds. The molecule has 1 aromatic carbocycles. The Kier molecular flexibility index (Phi) is 3.38. The fourth-order valence-corrected chi connectivity index (χ4v) is 0.913. The second kappa shape index (κ2) is 4.54. The lowest BCUT2D eigenvalue weighted by Gasteiger charge is -1.96. The van der Waals surface area contributed by atoms with Crippen molar-refractivity contribution >= 4 is 23.3 Å². The van der Waals surface area contributed by atoms with Crippen LogP contribution in [0.3, 0.4) is 0 Å². The number of carbonyl (C=O) groups is 1. The smallest absolute Gasteiger partial charge is 0.384 e. The standard InChI is InChI=1S/C10H8ClNO2/c1-14-10(13)5-3-7-2-4-8(11)9(12)6-7/h2,4,6H,12H2,1H3. The molecule has 0 radical (unpaired) electrons. The molecule has 1 aromatic rings. The van der Waals surface area contributed by atoms with E-state index < -0.39 is 5.97 Å². The Morgan fingerprint density at radius 3 is 2.86 bits per heavy atom. The van der Waals surface area contributed by atoms with Gasteiger partial charge in [-0.2, -0.15) is 0 Å². The maximum Gasteiger partial charge on any atom is 0.384 e. The van der Waals surface area contributed by atoms with Crippen molar-refractivity contribution in [2.75, 3.05) is 12.8 Å². The third-order valence-corrected chi connectivity index (χ3v) is 1.83. The number of rotatable bonds is 0. The highest BCUT2D eigenvalue weighted by Crippen LogP contribution is 2.18. The van der Waals surface area contributed by atoms with Crippen LogP contribution >= 0.6 is 11.6 Å². The molecular formula is C10H8ClNO2. The van der Waals surface area contributed by atoms with Gasteiger partial charge in [0.2, 0.25) is 0 Å². The molecule has 0 bridgehead atoms.